The summed E-state index contributed by atoms with van der Waals surface area (Å²) < 4.78 is 5.10. The lowest BCUT2D eigenvalue weighted by atomic mass is 9.33. The number of benzene rings is 14. The fourth-order valence-electron chi connectivity index (χ4n) is 18.4. The van der Waals surface area contributed by atoms with Crippen LogP contribution in [0.5, 0.6) is 0 Å². The smallest absolute Gasteiger partial charge is 0.252 e. The van der Waals surface area contributed by atoms with Crippen molar-refractivity contribution in [1.82, 2.24) is 9.13 Å². The first-order valence-corrected chi connectivity index (χ1v) is 36.4. The third-order valence-electron chi connectivity index (χ3n) is 23.2. The van der Waals surface area contributed by atoms with E-state index < -0.39 is 5.41 Å². The van der Waals surface area contributed by atoms with Gasteiger partial charge in [-0.15, -0.1) is 0 Å². The van der Waals surface area contributed by atoms with Crippen molar-refractivity contribution < 1.29 is 0 Å². The second-order valence-electron chi connectivity index (χ2n) is 32.0. The monoisotopic (exact) mass is 1310 g/mol. The lowest BCUT2D eigenvalue weighted by Crippen LogP contribution is -2.61. The summed E-state index contributed by atoms with van der Waals surface area (Å²) in [5, 5.41) is 5.02. The minimum Gasteiger partial charge on any atom is -0.311 e. The molecule has 5 heteroatoms. The first kappa shape index (κ1) is 60.3. The molecular weight excluding hydrogens is 1230 g/mol. The maximum Gasteiger partial charge on any atom is 0.252 e. The second kappa shape index (κ2) is 21.7. The Hall–Kier alpha value is -11.7. The van der Waals surface area contributed by atoms with E-state index in [1.165, 1.54) is 155 Å². The Bertz CT molecular complexity index is 6100. The third kappa shape index (κ3) is 8.51. The van der Waals surface area contributed by atoms with Gasteiger partial charge in [0.05, 0.1) is 38.9 Å². The Labute approximate surface area is 598 Å². The molecule has 0 saturated heterocycles. The number of hydrogen-bond acceptors (Lipinski definition) is 2. The van der Waals surface area contributed by atoms with Gasteiger partial charge in [-0.2, -0.15) is 0 Å². The molecule has 0 saturated carbocycles. The Morgan fingerprint density at radius 2 is 0.667 bits per heavy atom. The molecule has 20 rings (SSSR count). The average Bonchev–Trinajstić information content (AvgIpc) is 1.39. The van der Waals surface area contributed by atoms with Gasteiger partial charge in [0.1, 0.15) is 0 Å². The Kier molecular flexibility index (Phi) is 12.8. The van der Waals surface area contributed by atoms with Crippen molar-refractivity contribution in [1.29, 1.82) is 0 Å². The Morgan fingerprint density at radius 1 is 0.275 bits per heavy atom. The topological polar surface area (TPSA) is 16.3 Å². The highest BCUT2D eigenvalue weighted by Gasteiger charge is 2.53. The highest BCUT2D eigenvalue weighted by Crippen LogP contribution is 2.65. The van der Waals surface area contributed by atoms with Crippen molar-refractivity contribution in [3.05, 3.63) is 342 Å². The van der Waals surface area contributed by atoms with Gasteiger partial charge in [-0.1, -0.05) is 281 Å². The number of anilines is 6. The summed E-state index contributed by atoms with van der Waals surface area (Å²) in [6, 6.07) is 117. The van der Waals surface area contributed by atoms with Crippen LogP contribution in [0.2, 0.25) is 0 Å². The zero-order chi connectivity index (χ0) is 68.9. The molecule has 0 bridgehead atoms. The lowest BCUT2D eigenvalue weighted by molar-refractivity contribution is 0.590. The number of fused-ring (bicyclic) bond motifs is 21. The molecule has 16 aromatic rings. The number of para-hydroxylation sites is 3. The summed E-state index contributed by atoms with van der Waals surface area (Å²) in [5.41, 5.74) is 35.8. The molecule has 0 unspecified atom stereocenters. The number of nitrogens with zero attached hydrogens (tertiary/aromatic N) is 4. The molecule has 102 heavy (non-hydrogen) atoms. The van der Waals surface area contributed by atoms with Gasteiger partial charge in [0.25, 0.3) is 6.71 Å². The zero-order valence-corrected chi connectivity index (χ0v) is 59.2. The lowest BCUT2D eigenvalue weighted by Gasteiger charge is -2.46. The Balaban J connectivity index is 0.910. The minimum absolute atomic E-state index is 0.105. The standard InChI is InChI=1S/C97H77BN4/c1-94(2,3)62-44-51-84(74(54-62)60-28-12-10-13-29-60)101-87-58-65(99-81-41-25-19-35-70(81)71-36-20-26-42-82(71)99)46-49-79(87)98-80-50-47-66(59-88(80)102(90-57-64(96(7,8)9)56-89(101)93(90)98)85-52-45-63(95(4,5)6)55-75(85)61-30-14-11-15-31-61)100-83-43-27-21-37-73(83)91-86(100)53-48-72-69-34-18-24-40-78(69)97(92(72)91)76-38-22-16-32-67(76)68-33-17-23-39-77(68)97/h10-59H,1-9H3. The van der Waals surface area contributed by atoms with Crippen LogP contribution in [-0.4, -0.2) is 15.8 Å². The molecule has 4 aliphatic rings. The van der Waals surface area contributed by atoms with Gasteiger partial charge in [0, 0.05) is 66.8 Å². The van der Waals surface area contributed by atoms with Gasteiger partial charge in [-0.25, -0.2) is 0 Å². The van der Waals surface area contributed by atoms with Crippen LogP contribution in [0.4, 0.5) is 34.1 Å². The molecule has 0 fully saturated rings. The van der Waals surface area contributed by atoms with Crippen LogP contribution in [0, 0.1) is 0 Å². The van der Waals surface area contributed by atoms with Crippen LogP contribution in [0.3, 0.4) is 0 Å². The maximum atomic E-state index is 2.69. The highest BCUT2D eigenvalue weighted by atomic mass is 15.2. The van der Waals surface area contributed by atoms with Gasteiger partial charge in [0.15, 0.2) is 0 Å². The van der Waals surface area contributed by atoms with E-state index in [1.54, 1.807) is 0 Å². The normalized spacial score (nSPS) is 14.0. The third-order valence-corrected chi connectivity index (χ3v) is 23.2. The van der Waals surface area contributed by atoms with Crippen molar-refractivity contribution in [2.75, 3.05) is 9.80 Å². The predicted octanol–water partition coefficient (Wildman–Crippen LogP) is 23.5. The van der Waals surface area contributed by atoms with Gasteiger partial charge < -0.3 is 18.9 Å². The van der Waals surface area contributed by atoms with Crippen LogP contribution < -0.4 is 26.2 Å². The van der Waals surface area contributed by atoms with Crippen molar-refractivity contribution >= 4 is 101 Å². The zero-order valence-electron chi connectivity index (χ0n) is 59.2. The van der Waals surface area contributed by atoms with E-state index in [9.17, 15) is 0 Å². The van der Waals surface area contributed by atoms with E-state index in [2.05, 4.69) is 385 Å². The first-order chi connectivity index (χ1) is 49.5. The molecule has 0 atom stereocenters. The molecule has 4 heterocycles. The number of rotatable bonds is 6. The van der Waals surface area contributed by atoms with Crippen molar-refractivity contribution in [3.8, 4) is 55.9 Å². The molecule has 1 spiro atoms. The average molecular weight is 1310 g/mol. The molecule has 2 aliphatic heterocycles. The molecule has 4 nitrogen and oxygen atoms in total. The molecular formula is C97H77BN4. The largest absolute Gasteiger partial charge is 0.311 e. The summed E-state index contributed by atoms with van der Waals surface area (Å²) in [5.74, 6) is 0. The molecule has 2 aromatic heterocycles. The van der Waals surface area contributed by atoms with E-state index >= 15 is 0 Å². The summed E-state index contributed by atoms with van der Waals surface area (Å²) >= 11 is 0. The van der Waals surface area contributed by atoms with Crippen LogP contribution in [0.1, 0.15) is 101 Å². The highest BCUT2D eigenvalue weighted by molar-refractivity contribution is 7.00. The summed E-state index contributed by atoms with van der Waals surface area (Å²) in [6.45, 7) is 21.0. The summed E-state index contributed by atoms with van der Waals surface area (Å²) in [6.07, 6.45) is 0. The number of aromatic nitrogens is 2. The second-order valence-corrected chi connectivity index (χ2v) is 32.0. The van der Waals surface area contributed by atoms with E-state index in [0.29, 0.717) is 0 Å². The van der Waals surface area contributed by atoms with Crippen LogP contribution in [-0.2, 0) is 21.7 Å². The fourth-order valence-corrected chi connectivity index (χ4v) is 18.4. The molecule has 2 aliphatic carbocycles. The number of hydrogen-bond donors (Lipinski definition) is 0. The van der Waals surface area contributed by atoms with Gasteiger partial charge in [-0.3, -0.25) is 0 Å². The van der Waals surface area contributed by atoms with Crippen molar-refractivity contribution in [2.24, 2.45) is 0 Å². The van der Waals surface area contributed by atoms with Gasteiger partial charge in [-0.05, 0) is 190 Å². The minimum atomic E-state index is -0.542. The van der Waals surface area contributed by atoms with Gasteiger partial charge >= 0.3 is 0 Å². The Morgan fingerprint density at radius 3 is 1.13 bits per heavy atom. The predicted molar refractivity (Wildman–Crippen MR) is 432 cm³/mol. The molecule has 0 amide bonds. The van der Waals surface area contributed by atoms with E-state index in [4.69, 9.17) is 0 Å². The molecule has 14 aromatic carbocycles. The molecule has 488 valence electrons. The first-order valence-electron chi connectivity index (χ1n) is 36.4. The van der Waals surface area contributed by atoms with Crippen LogP contribution in [0.25, 0.3) is 99.5 Å². The van der Waals surface area contributed by atoms with E-state index in [0.717, 1.165) is 34.1 Å². The van der Waals surface area contributed by atoms with Gasteiger partial charge in [0.2, 0.25) is 0 Å². The van der Waals surface area contributed by atoms with Crippen LogP contribution in [0.15, 0.2) is 303 Å². The summed E-state index contributed by atoms with van der Waals surface area (Å²) in [7, 11) is 0. The van der Waals surface area contributed by atoms with Crippen molar-refractivity contribution in [3.63, 3.8) is 0 Å². The quantitative estimate of drug-likeness (QED) is 0.154. The molecule has 0 N–H and O–H groups in total. The van der Waals surface area contributed by atoms with E-state index in [1.807, 2.05) is 0 Å². The van der Waals surface area contributed by atoms with E-state index in [-0.39, 0.29) is 23.0 Å². The maximum absolute atomic E-state index is 2.69. The SMILES string of the molecule is CC(C)(C)c1ccc(N2c3cc(-n4c5ccccc5c5ccccc54)ccc3B3c4ccc(-n5c6ccccc6c6c7c(ccc65)-c5ccccc5C75c6ccccc6-c6ccccc65)cc4N(c4ccc(C(C)(C)C)cc4-c4ccccc4)c4cc(C(C)(C)C)cc2c43)c(-c2ccccc2)c1. The summed E-state index contributed by atoms with van der Waals surface area (Å²) in [4.78, 5) is 5.37. The molecule has 0 radical (unpaired) electrons. The van der Waals surface area contributed by atoms with Crippen LogP contribution >= 0.6 is 0 Å². The fraction of sp³-hybridized carbons (Fsp3) is 0.134. The van der Waals surface area contributed by atoms with Crippen molar-refractivity contribution in [2.45, 2.75) is 84.0 Å².